The van der Waals surface area contributed by atoms with Gasteiger partial charge in [0.1, 0.15) is 0 Å². The largest absolute Gasteiger partial charge is 0.378 e. The molecule has 0 saturated carbocycles. The van der Waals surface area contributed by atoms with Crippen molar-refractivity contribution in [2.75, 3.05) is 20.3 Å². The lowest BCUT2D eigenvalue weighted by Crippen LogP contribution is -2.59. The van der Waals surface area contributed by atoms with E-state index in [9.17, 15) is 4.79 Å². The number of nitrogens with one attached hydrogen (secondary N) is 1. The first-order chi connectivity index (χ1) is 13.2. The van der Waals surface area contributed by atoms with Gasteiger partial charge in [0.15, 0.2) is 0 Å². The number of para-hydroxylation sites is 1. The molecule has 2 bridgehead atoms. The second kappa shape index (κ2) is 6.74. The molecule has 4 heterocycles. The van der Waals surface area contributed by atoms with E-state index in [1.807, 2.05) is 46.6 Å². The normalized spacial score (nSPS) is 25.6. The molecule has 5 rings (SSSR count). The van der Waals surface area contributed by atoms with Gasteiger partial charge in [-0.2, -0.15) is 4.37 Å². The molecule has 1 amide bonds. The lowest BCUT2D eigenvalue weighted by atomic mass is 9.90. The molecule has 140 valence electrons. The number of likely N-dealkylation sites (N-methyl/N-ethyl adjacent to an activating group) is 1. The lowest BCUT2D eigenvalue weighted by Gasteiger charge is -2.46. The molecule has 2 aromatic heterocycles. The van der Waals surface area contributed by atoms with Gasteiger partial charge in [-0.25, -0.2) is 0 Å². The average Bonchev–Trinajstić information content (AvgIpc) is 3.30. The molecule has 0 radical (unpaired) electrons. The van der Waals surface area contributed by atoms with E-state index >= 15 is 0 Å². The maximum atomic E-state index is 13.1. The molecule has 1 aromatic carbocycles. The molecular weight excluding hydrogens is 360 g/mol. The third kappa shape index (κ3) is 2.96. The van der Waals surface area contributed by atoms with E-state index in [-0.39, 0.29) is 11.9 Å². The molecule has 7 heteroatoms. The first-order valence-electron chi connectivity index (χ1n) is 9.31. The van der Waals surface area contributed by atoms with E-state index in [0.29, 0.717) is 12.1 Å². The van der Waals surface area contributed by atoms with Crippen molar-refractivity contribution in [1.82, 2.24) is 19.2 Å². The van der Waals surface area contributed by atoms with Crippen molar-refractivity contribution in [1.29, 1.82) is 0 Å². The molecule has 1 N–H and O–H groups in total. The Morgan fingerprint density at radius 3 is 2.78 bits per heavy atom. The van der Waals surface area contributed by atoms with Crippen LogP contribution in [0.4, 0.5) is 0 Å². The van der Waals surface area contributed by atoms with Crippen LogP contribution >= 0.6 is 11.5 Å². The minimum atomic E-state index is 0.00156. The van der Waals surface area contributed by atoms with Crippen molar-refractivity contribution < 1.29 is 9.53 Å². The van der Waals surface area contributed by atoms with Crippen LogP contribution in [0.25, 0.3) is 16.6 Å². The molecule has 2 aliphatic rings. The summed E-state index contributed by atoms with van der Waals surface area (Å²) in [6.07, 6.45) is 5.64. The number of hydrogen-bond donors (Lipinski definition) is 1. The van der Waals surface area contributed by atoms with Gasteiger partial charge in [-0.05, 0) is 37.5 Å². The fraction of sp³-hybridized carbons (Fsp3) is 0.400. The van der Waals surface area contributed by atoms with Gasteiger partial charge in [-0.1, -0.05) is 18.2 Å². The molecule has 3 atom stereocenters. The topological polar surface area (TPSA) is 59.4 Å². The Bertz CT molecular complexity index is 954. The molecule has 2 aliphatic heterocycles. The number of carbonyl (C=O) groups is 1. The van der Waals surface area contributed by atoms with Gasteiger partial charge in [-0.15, -0.1) is 0 Å². The van der Waals surface area contributed by atoms with Gasteiger partial charge in [0.05, 0.1) is 36.2 Å². The second-order valence-corrected chi connectivity index (χ2v) is 8.12. The number of hydrogen-bond acceptors (Lipinski definition) is 5. The predicted molar refractivity (Wildman–Crippen MR) is 106 cm³/mol. The molecule has 0 spiro atoms. The van der Waals surface area contributed by atoms with Crippen LogP contribution < -0.4 is 5.32 Å². The Morgan fingerprint density at radius 1 is 1.26 bits per heavy atom. The summed E-state index contributed by atoms with van der Waals surface area (Å²) in [7, 11) is 2.17. The summed E-state index contributed by atoms with van der Waals surface area (Å²) in [4.78, 5) is 15.5. The highest BCUT2D eigenvalue weighted by Gasteiger charge is 2.37. The maximum Gasteiger partial charge on any atom is 0.253 e. The van der Waals surface area contributed by atoms with Crippen molar-refractivity contribution in [2.24, 2.45) is 0 Å². The summed E-state index contributed by atoms with van der Waals surface area (Å²) < 4.78 is 11.9. The van der Waals surface area contributed by atoms with Crippen LogP contribution in [0, 0.1) is 0 Å². The van der Waals surface area contributed by atoms with E-state index in [4.69, 9.17) is 4.74 Å². The zero-order valence-corrected chi connectivity index (χ0v) is 16.0. The van der Waals surface area contributed by atoms with Crippen molar-refractivity contribution >= 4 is 28.3 Å². The van der Waals surface area contributed by atoms with Crippen LogP contribution in [0.5, 0.6) is 0 Å². The fourth-order valence-electron chi connectivity index (χ4n) is 4.37. The molecule has 2 saturated heterocycles. The number of morpholine rings is 1. The molecule has 6 nitrogen and oxygen atoms in total. The Balaban J connectivity index is 1.43. The van der Waals surface area contributed by atoms with Crippen molar-refractivity contribution in [3.63, 3.8) is 0 Å². The van der Waals surface area contributed by atoms with Crippen LogP contribution in [0.1, 0.15) is 23.2 Å². The van der Waals surface area contributed by atoms with E-state index < -0.39 is 0 Å². The smallest absolute Gasteiger partial charge is 0.253 e. The van der Waals surface area contributed by atoms with Crippen LogP contribution in [-0.4, -0.2) is 58.1 Å². The third-order valence-corrected chi connectivity index (χ3v) is 6.45. The van der Waals surface area contributed by atoms with Crippen LogP contribution in [0.3, 0.4) is 0 Å². The summed E-state index contributed by atoms with van der Waals surface area (Å²) in [5.74, 6) is 0.00156. The predicted octanol–water partition coefficient (Wildman–Crippen LogP) is 2.68. The van der Waals surface area contributed by atoms with Gasteiger partial charge >= 0.3 is 0 Å². The lowest BCUT2D eigenvalue weighted by molar-refractivity contribution is -0.0670. The Kier molecular flexibility index (Phi) is 4.22. The zero-order chi connectivity index (χ0) is 18.4. The number of piperidine rings is 1. The highest BCUT2D eigenvalue weighted by molar-refractivity contribution is 7.03. The van der Waals surface area contributed by atoms with Gasteiger partial charge in [0, 0.05) is 35.1 Å². The van der Waals surface area contributed by atoms with Gasteiger partial charge in [0.2, 0.25) is 0 Å². The number of ether oxygens (including phenoxy) is 1. The molecule has 3 aromatic rings. The van der Waals surface area contributed by atoms with Crippen LogP contribution in [0.2, 0.25) is 0 Å². The molecular formula is C20H22N4O2S. The van der Waals surface area contributed by atoms with Crippen LogP contribution in [0.15, 0.2) is 42.0 Å². The highest BCUT2D eigenvalue weighted by atomic mass is 32.1. The number of amides is 1. The Labute approximate surface area is 161 Å². The number of fused-ring (bicyclic) bond motifs is 3. The highest BCUT2D eigenvalue weighted by Crippen LogP contribution is 2.28. The third-order valence-electron chi connectivity index (χ3n) is 5.87. The maximum absolute atomic E-state index is 13.1. The molecule has 27 heavy (non-hydrogen) atoms. The number of aromatic nitrogens is 2. The van der Waals surface area contributed by atoms with E-state index in [1.165, 1.54) is 11.5 Å². The fourth-order valence-corrected chi connectivity index (χ4v) is 4.88. The van der Waals surface area contributed by atoms with Crippen molar-refractivity contribution in [2.45, 2.75) is 31.0 Å². The number of nitrogens with zero attached hydrogens (tertiary/aromatic N) is 3. The van der Waals surface area contributed by atoms with E-state index in [1.54, 1.807) is 0 Å². The number of carbonyl (C=O) groups excluding carboxylic acids is 1. The summed E-state index contributed by atoms with van der Waals surface area (Å²) in [6, 6.07) is 9.00. The average molecular weight is 382 g/mol. The number of rotatable bonds is 3. The Morgan fingerprint density at radius 2 is 2.04 bits per heavy atom. The van der Waals surface area contributed by atoms with E-state index in [0.717, 1.165) is 48.2 Å². The summed E-state index contributed by atoms with van der Waals surface area (Å²) in [5.41, 5.74) is 2.73. The van der Waals surface area contributed by atoms with Crippen molar-refractivity contribution in [3.8, 4) is 5.69 Å². The molecule has 0 unspecified atom stereocenters. The SMILES string of the molecule is CN1[C@@H]2COC[C@H]1C[C@@H](NC(=O)c1cn(-c3cnsc3)c3ccccc13)C2. The first-order valence-corrected chi connectivity index (χ1v) is 10.1. The standard InChI is InChI=1S/C20H22N4O2S/c1-23-14-6-13(7-15(23)11-26-10-14)22-20(25)18-9-24(16-8-21-27-12-16)19-5-3-2-4-17(18)19/h2-5,8-9,12-15H,6-7,10-11H2,1H3,(H,22,25)/t13-,14-,15+. The van der Waals surface area contributed by atoms with Gasteiger partial charge in [0.25, 0.3) is 5.91 Å². The monoisotopic (exact) mass is 382 g/mol. The van der Waals surface area contributed by atoms with Gasteiger partial charge < -0.3 is 14.6 Å². The first kappa shape index (κ1) is 16.9. The van der Waals surface area contributed by atoms with Crippen molar-refractivity contribution in [3.05, 3.63) is 47.6 Å². The molecule has 0 aliphatic carbocycles. The molecule has 2 fully saturated rings. The minimum absolute atomic E-state index is 0.00156. The summed E-state index contributed by atoms with van der Waals surface area (Å²) in [6.45, 7) is 1.51. The second-order valence-electron chi connectivity index (χ2n) is 7.46. The van der Waals surface area contributed by atoms with Gasteiger partial charge in [-0.3, -0.25) is 9.69 Å². The quantitative estimate of drug-likeness (QED) is 0.757. The Hall–Kier alpha value is -2.22. The van der Waals surface area contributed by atoms with Crippen LogP contribution in [-0.2, 0) is 4.74 Å². The zero-order valence-electron chi connectivity index (χ0n) is 15.2. The van der Waals surface area contributed by atoms with E-state index in [2.05, 4.69) is 21.6 Å². The number of benzene rings is 1. The minimum Gasteiger partial charge on any atom is -0.378 e. The summed E-state index contributed by atoms with van der Waals surface area (Å²) in [5, 5.41) is 6.25. The summed E-state index contributed by atoms with van der Waals surface area (Å²) >= 11 is 1.41.